The second-order valence-corrected chi connectivity index (χ2v) is 5.72. The van der Waals surface area contributed by atoms with Crippen molar-refractivity contribution in [3.63, 3.8) is 0 Å². The molecule has 0 amide bonds. The number of hydrogen-bond donors (Lipinski definition) is 0. The van der Waals surface area contributed by atoms with Crippen LogP contribution in [-0.2, 0) is 15.3 Å². The van der Waals surface area contributed by atoms with E-state index < -0.39 is 16.3 Å². The number of ether oxygens (including phenoxy) is 3. The molecule has 0 aliphatic rings. The highest BCUT2D eigenvalue weighted by molar-refractivity contribution is 7.81. The molecule has 0 aliphatic carbocycles. The number of alkyl halides is 2. The maximum Gasteiger partial charge on any atom is 0.353 e. The van der Waals surface area contributed by atoms with E-state index in [1.807, 2.05) is 0 Å². The molecule has 1 rings (SSSR count). The Hall–Kier alpha value is -1.83. The zero-order chi connectivity index (χ0) is 17.1. The smallest absolute Gasteiger partial charge is 0.353 e. The lowest BCUT2D eigenvalue weighted by Gasteiger charge is -2.19. The first-order valence-electron chi connectivity index (χ1n) is 6.14. The monoisotopic (exact) mass is 336 g/mol. The average molecular weight is 336 g/mol. The van der Waals surface area contributed by atoms with E-state index in [0.717, 1.165) is 0 Å². The van der Waals surface area contributed by atoms with Crippen molar-refractivity contribution in [2.45, 2.75) is 19.1 Å². The number of rotatable bonds is 7. The van der Waals surface area contributed by atoms with Gasteiger partial charge in [-0.2, -0.15) is 8.78 Å². The first kappa shape index (κ1) is 18.2. The van der Waals surface area contributed by atoms with Gasteiger partial charge in [0.15, 0.2) is 11.5 Å². The second kappa shape index (κ2) is 6.95. The zero-order valence-corrected chi connectivity index (χ0v) is 13.8. The van der Waals surface area contributed by atoms with Gasteiger partial charge in [0.2, 0.25) is 5.75 Å². The molecule has 124 valence electrons. The molecule has 0 radical (unpaired) electrons. The zero-order valence-electron chi connectivity index (χ0n) is 13.0. The molecule has 8 heteroatoms. The Labute approximate surface area is 130 Å². The van der Waals surface area contributed by atoms with Crippen molar-refractivity contribution in [2.24, 2.45) is 0 Å². The third kappa shape index (κ3) is 3.68. The Bertz CT molecular complexity index is 596. The number of hydrogen-bond acceptors (Lipinski definition) is 5. The van der Waals surface area contributed by atoms with Gasteiger partial charge in [-0.25, -0.2) is 4.21 Å². The van der Waals surface area contributed by atoms with Gasteiger partial charge in [-0.05, 0) is 13.0 Å². The van der Waals surface area contributed by atoms with Gasteiger partial charge < -0.3 is 18.4 Å². The molecule has 0 N–H and O–H groups in total. The Kier molecular flexibility index (Phi) is 5.76. The lowest BCUT2D eigenvalue weighted by Crippen LogP contribution is -2.19. The fraction of sp³-hybridized carbons (Fsp3) is 0.429. The molecule has 1 atom stereocenters. The van der Waals surface area contributed by atoms with E-state index in [4.69, 9.17) is 18.4 Å². The van der Waals surface area contributed by atoms with Crippen molar-refractivity contribution in [1.29, 1.82) is 0 Å². The van der Waals surface area contributed by atoms with E-state index in [9.17, 15) is 13.0 Å². The Balaban J connectivity index is 3.30. The molecule has 0 fully saturated rings. The molecular weight excluding hydrogens is 318 g/mol. The molecule has 0 aromatic heterocycles. The van der Waals surface area contributed by atoms with Gasteiger partial charge in [0.25, 0.3) is 11.1 Å². The minimum atomic E-state index is -3.50. The third-order valence-corrected chi connectivity index (χ3v) is 3.79. The van der Waals surface area contributed by atoms with Gasteiger partial charge in [-0.3, -0.25) is 0 Å². The lowest BCUT2D eigenvalue weighted by molar-refractivity contribution is 0.112. The number of halogens is 2. The SMILES string of the molecule is C=C(OS(=O)C(C)(F)F)c1cc(OC)c(OC)c(OC)c1C. The Morgan fingerprint density at radius 1 is 1.18 bits per heavy atom. The van der Waals surface area contributed by atoms with E-state index in [2.05, 4.69) is 6.58 Å². The van der Waals surface area contributed by atoms with E-state index in [0.29, 0.717) is 35.3 Å². The normalized spacial score (nSPS) is 12.5. The van der Waals surface area contributed by atoms with Gasteiger partial charge in [0.1, 0.15) is 5.76 Å². The van der Waals surface area contributed by atoms with Crippen LogP contribution in [0.2, 0.25) is 0 Å². The predicted molar refractivity (Wildman–Crippen MR) is 79.7 cm³/mol. The van der Waals surface area contributed by atoms with Gasteiger partial charge in [-0.15, -0.1) is 0 Å². The predicted octanol–water partition coefficient (Wildman–Crippen LogP) is 3.28. The van der Waals surface area contributed by atoms with E-state index in [-0.39, 0.29) is 5.76 Å². The van der Waals surface area contributed by atoms with Crippen molar-refractivity contribution in [3.05, 3.63) is 23.8 Å². The van der Waals surface area contributed by atoms with Gasteiger partial charge in [0, 0.05) is 18.1 Å². The van der Waals surface area contributed by atoms with Crippen LogP contribution >= 0.6 is 0 Å². The van der Waals surface area contributed by atoms with Crippen LogP contribution in [-0.4, -0.2) is 30.8 Å². The summed E-state index contributed by atoms with van der Waals surface area (Å²) in [6.45, 7) is 5.71. The van der Waals surface area contributed by atoms with Crippen LogP contribution in [0, 0.1) is 6.92 Å². The highest BCUT2D eigenvalue weighted by Crippen LogP contribution is 2.43. The van der Waals surface area contributed by atoms with Crippen LogP contribution in [0.15, 0.2) is 12.6 Å². The van der Waals surface area contributed by atoms with Crippen LogP contribution < -0.4 is 14.2 Å². The number of methoxy groups -OCH3 is 3. The van der Waals surface area contributed by atoms with Crippen LogP contribution in [0.5, 0.6) is 17.2 Å². The molecule has 1 aromatic carbocycles. The summed E-state index contributed by atoms with van der Waals surface area (Å²) in [5, 5.41) is -3.50. The van der Waals surface area contributed by atoms with Crippen LogP contribution in [0.4, 0.5) is 8.78 Å². The molecule has 5 nitrogen and oxygen atoms in total. The largest absolute Gasteiger partial charge is 0.493 e. The standard InChI is InChI=1S/C14H18F2O5S/c1-8-10(9(2)21-22(17)14(3,15)16)7-11(18-4)13(20-6)12(8)19-5/h7H,2H2,1,3-6H3. The summed E-state index contributed by atoms with van der Waals surface area (Å²) < 4.78 is 57.7. The Morgan fingerprint density at radius 2 is 1.73 bits per heavy atom. The van der Waals surface area contributed by atoms with E-state index >= 15 is 0 Å². The molecule has 0 saturated heterocycles. The summed E-state index contributed by atoms with van der Waals surface area (Å²) in [4.78, 5) is 0. The van der Waals surface area contributed by atoms with Crippen molar-refractivity contribution >= 4 is 16.8 Å². The van der Waals surface area contributed by atoms with Crippen LogP contribution in [0.3, 0.4) is 0 Å². The van der Waals surface area contributed by atoms with Gasteiger partial charge in [-0.1, -0.05) is 6.58 Å². The summed E-state index contributed by atoms with van der Waals surface area (Å²) in [7, 11) is 4.28. The topological polar surface area (TPSA) is 54.0 Å². The summed E-state index contributed by atoms with van der Waals surface area (Å²) in [5.74, 6) is 0.812. The maximum atomic E-state index is 13.0. The molecule has 0 aliphatic heterocycles. The van der Waals surface area contributed by atoms with Gasteiger partial charge >= 0.3 is 5.25 Å². The molecule has 1 unspecified atom stereocenters. The summed E-state index contributed by atoms with van der Waals surface area (Å²) >= 11 is -2.85. The van der Waals surface area contributed by atoms with E-state index in [1.54, 1.807) is 6.92 Å². The quantitative estimate of drug-likeness (QED) is 0.715. The van der Waals surface area contributed by atoms with Crippen molar-refractivity contribution < 1.29 is 31.4 Å². The summed E-state index contributed by atoms with van der Waals surface area (Å²) in [6, 6.07) is 1.49. The summed E-state index contributed by atoms with van der Waals surface area (Å²) in [5.41, 5.74) is 0.855. The fourth-order valence-electron chi connectivity index (χ4n) is 1.80. The fourth-order valence-corrected chi connectivity index (χ4v) is 2.22. The molecule has 0 spiro atoms. The molecule has 0 bridgehead atoms. The first-order chi connectivity index (χ1) is 10.2. The molecule has 1 aromatic rings. The van der Waals surface area contributed by atoms with Crippen molar-refractivity contribution in [1.82, 2.24) is 0 Å². The minimum absolute atomic E-state index is 0.184. The first-order valence-corrected chi connectivity index (χ1v) is 7.21. The molecule has 22 heavy (non-hydrogen) atoms. The lowest BCUT2D eigenvalue weighted by atomic mass is 10.0. The molecule has 0 heterocycles. The average Bonchev–Trinajstić information content (AvgIpc) is 2.45. The minimum Gasteiger partial charge on any atom is -0.493 e. The van der Waals surface area contributed by atoms with E-state index in [1.165, 1.54) is 27.4 Å². The van der Waals surface area contributed by atoms with Crippen molar-refractivity contribution in [3.8, 4) is 17.2 Å². The van der Waals surface area contributed by atoms with Crippen LogP contribution in [0.25, 0.3) is 5.76 Å². The highest BCUT2D eigenvalue weighted by Gasteiger charge is 2.34. The highest BCUT2D eigenvalue weighted by atomic mass is 32.2. The molecule has 0 saturated carbocycles. The Morgan fingerprint density at radius 3 is 2.14 bits per heavy atom. The summed E-state index contributed by atoms with van der Waals surface area (Å²) in [6.07, 6.45) is 0. The third-order valence-electron chi connectivity index (χ3n) is 2.85. The second-order valence-electron chi connectivity index (χ2n) is 4.37. The number of benzene rings is 1. The molecular formula is C14H18F2O5S. The van der Waals surface area contributed by atoms with Gasteiger partial charge in [0.05, 0.1) is 21.3 Å². The van der Waals surface area contributed by atoms with Crippen molar-refractivity contribution in [2.75, 3.05) is 21.3 Å². The van der Waals surface area contributed by atoms with Crippen LogP contribution in [0.1, 0.15) is 18.1 Å². The maximum absolute atomic E-state index is 13.0.